The fourth-order valence-electron chi connectivity index (χ4n) is 1.64. The van der Waals surface area contributed by atoms with Crippen molar-refractivity contribution in [1.29, 1.82) is 0 Å². The first kappa shape index (κ1) is 9.68. The number of rotatable bonds is 3. The molecule has 2 N–H and O–H groups in total. The summed E-state index contributed by atoms with van der Waals surface area (Å²) in [6, 6.07) is 2.32. The molecule has 1 amide bonds. The molecule has 1 atom stereocenters. The number of thiophene rings is 1. The first-order valence-corrected chi connectivity index (χ1v) is 5.84. The second-order valence-corrected chi connectivity index (χ2v) is 4.30. The van der Waals surface area contributed by atoms with Crippen LogP contribution in [0.2, 0.25) is 0 Å². The summed E-state index contributed by atoms with van der Waals surface area (Å²) < 4.78 is 0. The highest BCUT2D eigenvalue weighted by atomic mass is 32.1. The van der Waals surface area contributed by atoms with Crippen molar-refractivity contribution in [2.24, 2.45) is 0 Å². The van der Waals surface area contributed by atoms with Gasteiger partial charge in [-0.1, -0.05) is 0 Å². The van der Waals surface area contributed by atoms with Gasteiger partial charge >= 0.3 is 0 Å². The van der Waals surface area contributed by atoms with Crippen LogP contribution in [0.5, 0.6) is 0 Å². The smallest absolute Gasteiger partial charge is 0.252 e. The van der Waals surface area contributed by atoms with Crippen LogP contribution in [0.4, 0.5) is 0 Å². The molecule has 0 radical (unpaired) electrons. The lowest BCUT2D eigenvalue weighted by molar-refractivity contribution is 0.0951. The molecule has 14 heavy (non-hydrogen) atoms. The van der Waals surface area contributed by atoms with Crippen LogP contribution in [-0.4, -0.2) is 25.0 Å². The van der Waals surface area contributed by atoms with Crippen molar-refractivity contribution in [3.63, 3.8) is 0 Å². The van der Waals surface area contributed by atoms with Crippen LogP contribution in [0.25, 0.3) is 0 Å². The van der Waals surface area contributed by atoms with E-state index in [0.29, 0.717) is 6.04 Å². The van der Waals surface area contributed by atoms with Gasteiger partial charge in [-0.25, -0.2) is 0 Å². The van der Waals surface area contributed by atoms with E-state index in [4.69, 9.17) is 0 Å². The van der Waals surface area contributed by atoms with E-state index >= 15 is 0 Å². The fraction of sp³-hybridized carbons (Fsp3) is 0.500. The van der Waals surface area contributed by atoms with Gasteiger partial charge in [-0.2, -0.15) is 11.3 Å². The van der Waals surface area contributed by atoms with Crippen molar-refractivity contribution in [3.8, 4) is 0 Å². The third kappa shape index (κ3) is 2.33. The molecule has 1 aliphatic rings. The summed E-state index contributed by atoms with van der Waals surface area (Å²) in [7, 11) is 0. The summed E-state index contributed by atoms with van der Waals surface area (Å²) in [4.78, 5) is 11.5. The molecule has 2 rings (SSSR count). The minimum atomic E-state index is 0.0416. The molecule has 76 valence electrons. The maximum absolute atomic E-state index is 11.5. The molecular weight excluding hydrogens is 196 g/mol. The number of carbonyl (C=O) groups excluding carboxylic acids is 1. The van der Waals surface area contributed by atoms with Gasteiger partial charge in [0, 0.05) is 23.5 Å². The largest absolute Gasteiger partial charge is 0.350 e. The van der Waals surface area contributed by atoms with Crippen LogP contribution in [0, 0.1) is 0 Å². The minimum Gasteiger partial charge on any atom is -0.350 e. The Morgan fingerprint density at radius 1 is 1.71 bits per heavy atom. The Kier molecular flexibility index (Phi) is 3.16. The average molecular weight is 210 g/mol. The third-order valence-electron chi connectivity index (χ3n) is 2.45. The minimum absolute atomic E-state index is 0.0416. The molecule has 3 nitrogen and oxygen atoms in total. The predicted octanol–water partition coefficient (Wildman–Crippen LogP) is 1.23. The van der Waals surface area contributed by atoms with E-state index in [9.17, 15) is 4.79 Å². The van der Waals surface area contributed by atoms with E-state index in [1.54, 1.807) is 11.3 Å². The van der Waals surface area contributed by atoms with E-state index in [-0.39, 0.29) is 5.91 Å². The predicted molar refractivity (Wildman–Crippen MR) is 57.7 cm³/mol. The standard InChI is InChI=1S/C10H14N2OS/c13-10(8-3-5-14-7-8)12-6-9-2-1-4-11-9/h3,5,7,9,11H,1-2,4,6H2,(H,12,13)/t9-/m1/s1. The molecular formula is C10H14N2OS. The Balaban J connectivity index is 1.78. The fourth-order valence-corrected chi connectivity index (χ4v) is 2.28. The van der Waals surface area contributed by atoms with E-state index in [1.165, 1.54) is 12.8 Å². The van der Waals surface area contributed by atoms with Gasteiger partial charge in [0.25, 0.3) is 5.91 Å². The molecule has 1 aliphatic heterocycles. The van der Waals surface area contributed by atoms with Gasteiger partial charge in [0.2, 0.25) is 0 Å². The molecule has 1 aromatic heterocycles. The Hall–Kier alpha value is -0.870. The van der Waals surface area contributed by atoms with Crippen LogP contribution in [0.15, 0.2) is 16.8 Å². The Morgan fingerprint density at radius 2 is 2.64 bits per heavy atom. The van der Waals surface area contributed by atoms with E-state index in [1.807, 2.05) is 16.8 Å². The van der Waals surface area contributed by atoms with Gasteiger partial charge in [0.15, 0.2) is 0 Å². The lowest BCUT2D eigenvalue weighted by Gasteiger charge is -2.10. The second-order valence-electron chi connectivity index (χ2n) is 3.52. The summed E-state index contributed by atoms with van der Waals surface area (Å²) in [6.45, 7) is 1.83. The highest BCUT2D eigenvalue weighted by Gasteiger charge is 2.15. The molecule has 0 saturated carbocycles. The van der Waals surface area contributed by atoms with Crippen molar-refractivity contribution in [2.45, 2.75) is 18.9 Å². The Labute approximate surface area is 87.5 Å². The molecule has 2 heterocycles. The Bertz CT molecular complexity index is 291. The maximum atomic E-state index is 11.5. The zero-order valence-electron chi connectivity index (χ0n) is 7.95. The topological polar surface area (TPSA) is 41.1 Å². The molecule has 0 aliphatic carbocycles. The maximum Gasteiger partial charge on any atom is 0.252 e. The van der Waals surface area contributed by atoms with Crippen LogP contribution in [0.3, 0.4) is 0 Å². The van der Waals surface area contributed by atoms with Gasteiger partial charge < -0.3 is 10.6 Å². The van der Waals surface area contributed by atoms with Gasteiger partial charge in [-0.15, -0.1) is 0 Å². The van der Waals surface area contributed by atoms with E-state index in [2.05, 4.69) is 10.6 Å². The van der Waals surface area contributed by atoms with Gasteiger partial charge in [-0.3, -0.25) is 4.79 Å². The molecule has 1 aromatic rings. The van der Waals surface area contributed by atoms with Crippen molar-refractivity contribution < 1.29 is 4.79 Å². The summed E-state index contributed by atoms with van der Waals surface area (Å²) in [5, 5.41) is 10.1. The molecule has 0 unspecified atom stereocenters. The SMILES string of the molecule is O=C(NC[C@H]1CCCN1)c1ccsc1. The zero-order chi connectivity index (χ0) is 9.80. The first-order chi connectivity index (χ1) is 6.86. The van der Waals surface area contributed by atoms with Crippen molar-refractivity contribution >= 4 is 17.2 Å². The lowest BCUT2D eigenvalue weighted by atomic mass is 10.2. The van der Waals surface area contributed by atoms with E-state index in [0.717, 1.165) is 18.7 Å². The number of nitrogens with one attached hydrogen (secondary N) is 2. The molecule has 4 heteroatoms. The summed E-state index contributed by atoms with van der Waals surface area (Å²) in [6.07, 6.45) is 2.39. The molecule has 1 saturated heterocycles. The molecule has 1 fully saturated rings. The van der Waals surface area contributed by atoms with Gasteiger partial charge in [-0.05, 0) is 30.8 Å². The van der Waals surface area contributed by atoms with Crippen LogP contribution in [0.1, 0.15) is 23.2 Å². The van der Waals surface area contributed by atoms with Crippen molar-refractivity contribution in [2.75, 3.05) is 13.1 Å². The normalized spacial score (nSPS) is 21.0. The Morgan fingerprint density at radius 3 is 3.29 bits per heavy atom. The molecule has 0 aromatic carbocycles. The average Bonchev–Trinajstić information content (AvgIpc) is 2.87. The summed E-state index contributed by atoms with van der Waals surface area (Å²) >= 11 is 1.55. The quantitative estimate of drug-likeness (QED) is 0.788. The van der Waals surface area contributed by atoms with Crippen LogP contribution < -0.4 is 10.6 Å². The lowest BCUT2D eigenvalue weighted by Crippen LogP contribution is -2.36. The van der Waals surface area contributed by atoms with Gasteiger partial charge in [0.05, 0.1) is 0 Å². The monoisotopic (exact) mass is 210 g/mol. The third-order valence-corrected chi connectivity index (χ3v) is 3.14. The highest BCUT2D eigenvalue weighted by Crippen LogP contribution is 2.06. The summed E-state index contributed by atoms with van der Waals surface area (Å²) in [5.74, 6) is 0.0416. The highest BCUT2D eigenvalue weighted by molar-refractivity contribution is 7.08. The number of hydrogen-bond donors (Lipinski definition) is 2. The van der Waals surface area contributed by atoms with Crippen LogP contribution >= 0.6 is 11.3 Å². The molecule has 0 bridgehead atoms. The first-order valence-electron chi connectivity index (χ1n) is 4.90. The zero-order valence-corrected chi connectivity index (χ0v) is 8.77. The van der Waals surface area contributed by atoms with E-state index < -0.39 is 0 Å². The number of hydrogen-bond acceptors (Lipinski definition) is 3. The van der Waals surface area contributed by atoms with Crippen molar-refractivity contribution in [3.05, 3.63) is 22.4 Å². The summed E-state index contributed by atoms with van der Waals surface area (Å²) in [5.41, 5.74) is 0.771. The second kappa shape index (κ2) is 4.57. The van der Waals surface area contributed by atoms with Crippen LogP contribution in [-0.2, 0) is 0 Å². The number of carbonyl (C=O) groups is 1. The van der Waals surface area contributed by atoms with Crippen molar-refractivity contribution in [1.82, 2.24) is 10.6 Å². The van der Waals surface area contributed by atoms with Gasteiger partial charge in [0.1, 0.15) is 0 Å². The molecule has 0 spiro atoms. The number of amides is 1.